The summed E-state index contributed by atoms with van der Waals surface area (Å²) in [4.78, 5) is 28.1. The van der Waals surface area contributed by atoms with Crippen LogP contribution in [0, 0.1) is 34.5 Å². The molecule has 0 unspecified atom stereocenters. The number of esters is 1. The summed E-state index contributed by atoms with van der Waals surface area (Å²) in [6.07, 6.45) is 13.5. The zero-order chi connectivity index (χ0) is 26.7. The van der Waals surface area contributed by atoms with Gasteiger partial charge in [0, 0.05) is 51.1 Å². The Morgan fingerprint density at radius 3 is 2.56 bits per heavy atom. The molecule has 4 aliphatic carbocycles. The molecule has 6 aliphatic rings. The van der Waals surface area contributed by atoms with E-state index in [2.05, 4.69) is 37.5 Å². The summed E-state index contributed by atoms with van der Waals surface area (Å²) >= 11 is 0. The normalized spacial score (nSPS) is 42.9. The van der Waals surface area contributed by atoms with Crippen LogP contribution in [0.15, 0.2) is 24.4 Å². The van der Waals surface area contributed by atoms with Gasteiger partial charge in [0.2, 0.25) is 0 Å². The second kappa shape index (κ2) is 10.9. The van der Waals surface area contributed by atoms with E-state index in [0.717, 1.165) is 55.5 Å². The van der Waals surface area contributed by atoms with Crippen LogP contribution in [-0.2, 0) is 19.1 Å². The van der Waals surface area contributed by atoms with Gasteiger partial charge in [0.15, 0.2) is 11.9 Å². The number of carbonyl (C=O) groups excluding carboxylic acids is 2. The molecule has 218 valence electrons. The molecule has 3 saturated carbocycles. The average molecular weight is 606 g/mol. The largest absolute Gasteiger partial charge is 1.00 e. The lowest BCUT2D eigenvalue weighted by molar-refractivity contribution is -0.937. The highest BCUT2D eigenvalue weighted by Gasteiger charge is 2.67. The smallest absolute Gasteiger partial charge is 0.303 e. The number of hydrogen-bond donors (Lipinski definition) is 0. The zero-order valence-corrected chi connectivity index (χ0v) is 25.9. The number of ether oxygens (including phenoxy) is 2. The number of hydrogen-bond acceptors (Lipinski definition) is 5. The third-order valence-corrected chi connectivity index (χ3v) is 12.4. The fourth-order valence-electron chi connectivity index (χ4n) is 10.5. The van der Waals surface area contributed by atoms with E-state index in [9.17, 15) is 9.59 Å². The minimum atomic E-state index is -0.125. The van der Waals surface area contributed by atoms with Crippen molar-refractivity contribution in [2.75, 3.05) is 45.9 Å². The maximum absolute atomic E-state index is 13.3. The van der Waals surface area contributed by atoms with Gasteiger partial charge in [0.25, 0.3) is 0 Å². The van der Waals surface area contributed by atoms with Crippen molar-refractivity contribution in [2.24, 2.45) is 34.5 Å². The number of rotatable bonds is 5. The van der Waals surface area contributed by atoms with Crippen molar-refractivity contribution in [1.29, 1.82) is 0 Å². The molecule has 0 radical (unpaired) electrons. The quantitative estimate of drug-likeness (QED) is 0.272. The van der Waals surface area contributed by atoms with Crippen molar-refractivity contribution in [3.63, 3.8) is 0 Å². The van der Waals surface area contributed by atoms with Gasteiger partial charge in [0.1, 0.15) is 6.04 Å². The van der Waals surface area contributed by atoms with Gasteiger partial charge in [-0.05, 0) is 60.8 Å². The van der Waals surface area contributed by atoms with Gasteiger partial charge < -0.3 is 35.8 Å². The van der Waals surface area contributed by atoms with E-state index in [0.29, 0.717) is 55.1 Å². The van der Waals surface area contributed by atoms with Crippen molar-refractivity contribution in [2.45, 2.75) is 84.3 Å². The highest BCUT2D eigenvalue weighted by Crippen LogP contribution is 2.67. The first-order valence-electron chi connectivity index (χ1n) is 15.4. The summed E-state index contributed by atoms with van der Waals surface area (Å²) in [6, 6.07) is 0.367. The van der Waals surface area contributed by atoms with Crippen LogP contribution in [0.5, 0.6) is 0 Å². The van der Waals surface area contributed by atoms with Gasteiger partial charge in [-0.3, -0.25) is 9.59 Å². The third kappa shape index (κ3) is 4.67. The molecule has 0 aromatic rings. The number of allylic oxidation sites excluding steroid dienone is 2. The lowest BCUT2D eigenvalue weighted by Crippen LogP contribution is -3.00. The van der Waals surface area contributed by atoms with Crippen molar-refractivity contribution in [3.8, 4) is 0 Å². The van der Waals surface area contributed by atoms with Crippen LogP contribution in [0.2, 0.25) is 0 Å². The molecule has 5 fully saturated rings. The average Bonchev–Trinajstić information content (AvgIpc) is 3.48. The van der Waals surface area contributed by atoms with Gasteiger partial charge in [-0.15, -0.1) is 0 Å². The fraction of sp³-hybridized carbons (Fsp3) is 0.812. The fourth-order valence-corrected chi connectivity index (χ4v) is 10.5. The van der Waals surface area contributed by atoms with Gasteiger partial charge in [0.05, 0.1) is 38.5 Å². The highest BCUT2D eigenvalue weighted by atomic mass is 79.9. The van der Waals surface area contributed by atoms with Crippen molar-refractivity contribution >= 4 is 11.8 Å². The van der Waals surface area contributed by atoms with E-state index in [1.54, 1.807) is 6.92 Å². The molecule has 0 bridgehead atoms. The molecule has 0 amide bonds. The van der Waals surface area contributed by atoms with Crippen LogP contribution < -0.4 is 17.0 Å². The van der Waals surface area contributed by atoms with E-state index < -0.39 is 0 Å². The predicted octanol–water partition coefficient (Wildman–Crippen LogP) is 1.74. The van der Waals surface area contributed by atoms with Crippen molar-refractivity contribution in [3.05, 3.63) is 24.4 Å². The summed E-state index contributed by atoms with van der Waals surface area (Å²) < 4.78 is 13.0. The van der Waals surface area contributed by atoms with E-state index >= 15 is 0 Å². The molecule has 0 N–H and O–H groups in total. The maximum atomic E-state index is 13.3. The first-order chi connectivity index (χ1) is 18.2. The first-order valence-corrected chi connectivity index (χ1v) is 15.4. The van der Waals surface area contributed by atoms with Crippen LogP contribution >= 0.6 is 0 Å². The minimum absolute atomic E-state index is 0. The number of ketones is 1. The van der Waals surface area contributed by atoms with Gasteiger partial charge >= 0.3 is 5.97 Å². The molecule has 0 spiro atoms. The number of Topliss-reactive ketones (excluding diaryl/α,β-unsaturated/α-hetero) is 1. The van der Waals surface area contributed by atoms with E-state index in [1.807, 2.05) is 0 Å². The Labute approximate surface area is 245 Å². The number of morpholine rings is 1. The van der Waals surface area contributed by atoms with Crippen LogP contribution in [0.3, 0.4) is 0 Å². The van der Waals surface area contributed by atoms with Crippen molar-refractivity contribution in [1.82, 2.24) is 4.90 Å². The van der Waals surface area contributed by atoms with Crippen LogP contribution in [0.25, 0.3) is 0 Å². The molecule has 0 aromatic carbocycles. The lowest BCUT2D eigenvalue weighted by atomic mass is 9.46. The molecular formula is C32H49BrN2O4. The van der Waals surface area contributed by atoms with E-state index in [1.165, 1.54) is 32.4 Å². The van der Waals surface area contributed by atoms with E-state index in [-0.39, 0.29) is 39.9 Å². The zero-order valence-electron chi connectivity index (χ0n) is 24.3. The minimum Gasteiger partial charge on any atom is -1.00 e. The molecule has 6 rings (SSSR count). The summed E-state index contributed by atoms with van der Waals surface area (Å²) in [7, 11) is 0. The summed E-state index contributed by atoms with van der Waals surface area (Å²) in [5.74, 6) is 2.44. The molecule has 0 aromatic heterocycles. The number of fused-ring (bicyclic) bond motifs is 5. The first kappa shape index (κ1) is 29.3. The van der Waals surface area contributed by atoms with Crippen molar-refractivity contribution < 1.29 is 40.5 Å². The molecule has 6 nitrogen and oxygen atoms in total. The van der Waals surface area contributed by atoms with Gasteiger partial charge in [-0.1, -0.05) is 26.5 Å². The number of carbonyl (C=O) groups is 2. The SMILES string of the molecule is C=CC[N+]1([C@H]2C[C@H]3[C@@H]4CC[C@H]5CC(=O)C(N6CCOCC6)=C[C@]5(C)[C@H]4CC[C@]3(C)[C@H]2OC(C)=O)CCCC1.[Br-]. The Morgan fingerprint density at radius 1 is 1.18 bits per heavy atom. The lowest BCUT2D eigenvalue weighted by Gasteiger charge is -2.59. The monoisotopic (exact) mass is 604 g/mol. The maximum Gasteiger partial charge on any atom is 0.303 e. The Balaban J connectivity index is 0.00000308. The van der Waals surface area contributed by atoms with Crippen LogP contribution in [-0.4, -0.2) is 79.2 Å². The second-order valence-electron chi connectivity index (χ2n) is 14.0. The summed E-state index contributed by atoms with van der Waals surface area (Å²) in [5.41, 5.74) is 1.05. The summed E-state index contributed by atoms with van der Waals surface area (Å²) in [5, 5.41) is 0. The van der Waals surface area contributed by atoms with E-state index in [4.69, 9.17) is 9.47 Å². The summed E-state index contributed by atoms with van der Waals surface area (Å²) in [6.45, 7) is 17.1. The Morgan fingerprint density at radius 2 is 1.90 bits per heavy atom. The molecular weight excluding hydrogens is 556 g/mol. The highest BCUT2D eigenvalue weighted by molar-refractivity contribution is 5.96. The topological polar surface area (TPSA) is 55.8 Å². The Bertz CT molecular complexity index is 1000. The Hall–Kier alpha value is -1.18. The third-order valence-electron chi connectivity index (χ3n) is 12.4. The molecule has 7 heteroatoms. The number of nitrogens with zero attached hydrogens (tertiary/aromatic N) is 2. The number of likely N-dealkylation sites (tertiary alicyclic amines) is 1. The van der Waals surface area contributed by atoms with Crippen LogP contribution in [0.4, 0.5) is 0 Å². The predicted molar refractivity (Wildman–Crippen MR) is 147 cm³/mol. The number of halogens is 1. The molecule has 2 aliphatic heterocycles. The molecule has 39 heavy (non-hydrogen) atoms. The molecule has 2 saturated heterocycles. The molecule has 8 atom stereocenters. The number of quaternary nitrogens is 1. The Kier molecular flexibility index (Phi) is 8.20. The van der Waals surface area contributed by atoms with Gasteiger partial charge in [-0.25, -0.2) is 0 Å². The second-order valence-corrected chi connectivity index (χ2v) is 14.0. The van der Waals surface area contributed by atoms with Crippen LogP contribution in [0.1, 0.15) is 72.1 Å². The van der Waals surface area contributed by atoms with Gasteiger partial charge in [-0.2, -0.15) is 0 Å². The standard InChI is InChI=1S/C32H49N2O4.BrH/c1-5-14-34(15-6-7-16-34)28-20-26-24-9-8-23-19-29(36)27(33-12-17-37-18-13-33)21-32(23,4)25(24)10-11-31(26,3)30(28)38-22(2)35;/h5,21,23-26,28,30H,1,6-20H2,2-4H3;1H/q+1;/p-1/t23-,24+,25-,26-,28-,30-,31-,32-;/m0./s1. The molecule has 2 heterocycles.